The lowest BCUT2D eigenvalue weighted by Gasteiger charge is -2.16. The number of imidazole rings is 1. The Morgan fingerprint density at radius 1 is 1.35 bits per heavy atom. The lowest BCUT2D eigenvalue weighted by molar-refractivity contribution is 0.620. The molecule has 0 aliphatic carbocycles. The van der Waals surface area contributed by atoms with Gasteiger partial charge in [0.15, 0.2) is 0 Å². The largest absolute Gasteiger partial charge is 0.337 e. The summed E-state index contributed by atoms with van der Waals surface area (Å²) in [5.74, 6) is 0.864. The third-order valence-corrected chi connectivity index (χ3v) is 2.90. The van der Waals surface area contributed by atoms with Crippen LogP contribution in [0.2, 0.25) is 0 Å². The number of aromatic nitrogens is 2. The van der Waals surface area contributed by atoms with Crippen molar-refractivity contribution < 1.29 is 4.39 Å². The van der Waals surface area contributed by atoms with E-state index < -0.39 is 0 Å². The fourth-order valence-corrected chi connectivity index (χ4v) is 2.02. The Labute approximate surface area is 100 Å². The maximum Gasteiger partial charge on any atom is 0.123 e. The normalized spacial score (nSPS) is 12.6. The minimum absolute atomic E-state index is 0.126. The molecule has 0 amide bonds. The van der Waals surface area contributed by atoms with E-state index in [2.05, 4.69) is 4.98 Å². The first-order valence-corrected chi connectivity index (χ1v) is 5.65. The van der Waals surface area contributed by atoms with E-state index in [-0.39, 0.29) is 11.7 Å². The number of hydrogen-bond acceptors (Lipinski definition) is 2. The van der Waals surface area contributed by atoms with Crippen LogP contribution in [0.1, 0.15) is 23.7 Å². The summed E-state index contributed by atoms with van der Waals surface area (Å²) in [4.78, 5) is 4.35. The van der Waals surface area contributed by atoms with Gasteiger partial charge in [-0.1, -0.05) is 12.1 Å². The van der Waals surface area contributed by atoms with Crippen LogP contribution in [0.25, 0.3) is 0 Å². The van der Waals surface area contributed by atoms with Crippen molar-refractivity contribution in [3.8, 4) is 0 Å². The van der Waals surface area contributed by atoms with Gasteiger partial charge in [0.05, 0.1) is 0 Å². The zero-order valence-corrected chi connectivity index (χ0v) is 9.81. The number of nitrogens with two attached hydrogens (primary N) is 1. The van der Waals surface area contributed by atoms with Crippen molar-refractivity contribution in [1.29, 1.82) is 0 Å². The predicted molar refractivity (Wildman–Crippen MR) is 65.1 cm³/mol. The third kappa shape index (κ3) is 2.53. The van der Waals surface area contributed by atoms with E-state index in [0.717, 1.165) is 17.8 Å². The minimum Gasteiger partial charge on any atom is -0.337 e. The highest BCUT2D eigenvalue weighted by atomic mass is 19.1. The van der Waals surface area contributed by atoms with Gasteiger partial charge in [0.1, 0.15) is 11.6 Å². The number of hydrogen-bond donors (Lipinski definition) is 1. The highest BCUT2D eigenvalue weighted by Crippen LogP contribution is 2.26. The molecule has 0 radical (unpaired) electrons. The number of nitrogens with zero attached hydrogens (tertiary/aromatic N) is 2. The molecular formula is C13H16FN3. The van der Waals surface area contributed by atoms with Crippen LogP contribution in [-0.4, -0.2) is 16.1 Å². The highest BCUT2D eigenvalue weighted by molar-refractivity contribution is 5.26. The number of aryl methyl sites for hydroxylation is 1. The average molecular weight is 233 g/mol. The van der Waals surface area contributed by atoms with Crippen molar-refractivity contribution in [2.75, 3.05) is 6.54 Å². The van der Waals surface area contributed by atoms with Crippen LogP contribution in [0.4, 0.5) is 4.39 Å². The molecule has 2 aromatic rings. The van der Waals surface area contributed by atoms with Crippen molar-refractivity contribution in [3.05, 3.63) is 53.9 Å². The van der Waals surface area contributed by atoms with E-state index in [9.17, 15) is 4.39 Å². The topological polar surface area (TPSA) is 43.8 Å². The lowest BCUT2D eigenvalue weighted by Crippen LogP contribution is -2.13. The van der Waals surface area contributed by atoms with Gasteiger partial charge < -0.3 is 10.3 Å². The Morgan fingerprint density at radius 3 is 2.59 bits per heavy atom. The summed E-state index contributed by atoms with van der Waals surface area (Å²) in [6.07, 6.45) is 4.47. The summed E-state index contributed by atoms with van der Waals surface area (Å²) in [5.41, 5.74) is 6.69. The second-order valence-corrected chi connectivity index (χ2v) is 4.08. The Kier molecular flexibility index (Phi) is 3.54. The molecule has 0 aliphatic heterocycles. The van der Waals surface area contributed by atoms with Crippen molar-refractivity contribution >= 4 is 0 Å². The Bertz CT molecular complexity index is 476. The minimum atomic E-state index is -0.222. The molecule has 1 atom stereocenters. The number of halogens is 1. The summed E-state index contributed by atoms with van der Waals surface area (Å²) in [7, 11) is 1.95. The molecule has 1 aromatic heterocycles. The molecule has 0 fully saturated rings. The van der Waals surface area contributed by atoms with Gasteiger partial charge in [0.25, 0.3) is 0 Å². The van der Waals surface area contributed by atoms with Crippen molar-refractivity contribution in [3.63, 3.8) is 0 Å². The van der Waals surface area contributed by atoms with Gasteiger partial charge in [-0.25, -0.2) is 9.37 Å². The monoisotopic (exact) mass is 233 g/mol. The molecule has 4 heteroatoms. The maximum absolute atomic E-state index is 12.9. The van der Waals surface area contributed by atoms with E-state index in [1.54, 1.807) is 18.3 Å². The molecule has 0 spiro atoms. The quantitative estimate of drug-likeness (QED) is 0.878. The fourth-order valence-electron chi connectivity index (χ4n) is 2.02. The van der Waals surface area contributed by atoms with E-state index in [1.807, 2.05) is 17.8 Å². The van der Waals surface area contributed by atoms with Crippen LogP contribution in [0.15, 0.2) is 36.7 Å². The second kappa shape index (κ2) is 5.10. The van der Waals surface area contributed by atoms with Crippen LogP contribution >= 0.6 is 0 Å². The smallest absolute Gasteiger partial charge is 0.123 e. The SMILES string of the molecule is Cn1ccnc1C(CCN)c1ccc(F)cc1. The van der Waals surface area contributed by atoms with Gasteiger partial charge in [-0.2, -0.15) is 0 Å². The first kappa shape index (κ1) is 11.8. The summed E-state index contributed by atoms with van der Waals surface area (Å²) in [5, 5.41) is 0. The highest BCUT2D eigenvalue weighted by Gasteiger charge is 2.17. The van der Waals surface area contributed by atoms with Gasteiger partial charge in [-0.15, -0.1) is 0 Å². The molecule has 0 saturated carbocycles. The summed E-state index contributed by atoms with van der Waals surface area (Å²) in [6, 6.07) is 6.54. The number of benzene rings is 1. The lowest BCUT2D eigenvalue weighted by atomic mass is 9.95. The zero-order chi connectivity index (χ0) is 12.3. The Morgan fingerprint density at radius 2 is 2.06 bits per heavy atom. The molecule has 2 N–H and O–H groups in total. The van der Waals surface area contributed by atoms with Crippen molar-refractivity contribution in [2.45, 2.75) is 12.3 Å². The van der Waals surface area contributed by atoms with Crippen LogP contribution in [0.3, 0.4) is 0 Å². The van der Waals surface area contributed by atoms with Crippen LogP contribution < -0.4 is 5.73 Å². The van der Waals surface area contributed by atoms with Crippen molar-refractivity contribution in [2.24, 2.45) is 12.8 Å². The van der Waals surface area contributed by atoms with E-state index in [0.29, 0.717) is 6.54 Å². The van der Waals surface area contributed by atoms with Gasteiger partial charge in [-0.3, -0.25) is 0 Å². The standard InChI is InChI=1S/C13H16FN3/c1-17-9-8-16-13(17)12(6-7-15)10-2-4-11(14)5-3-10/h2-5,8-9,12H,6-7,15H2,1H3. The third-order valence-electron chi connectivity index (χ3n) is 2.90. The van der Waals surface area contributed by atoms with E-state index in [4.69, 9.17) is 5.73 Å². The molecule has 17 heavy (non-hydrogen) atoms. The van der Waals surface area contributed by atoms with E-state index in [1.165, 1.54) is 12.1 Å². The molecule has 1 unspecified atom stereocenters. The molecule has 2 rings (SSSR count). The molecule has 1 heterocycles. The van der Waals surface area contributed by atoms with Crippen LogP contribution in [0, 0.1) is 5.82 Å². The van der Waals surface area contributed by atoms with E-state index >= 15 is 0 Å². The average Bonchev–Trinajstić information content (AvgIpc) is 2.74. The van der Waals surface area contributed by atoms with Crippen molar-refractivity contribution in [1.82, 2.24) is 9.55 Å². The van der Waals surface area contributed by atoms with Crippen LogP contribution in [0.5, 0.6) is 0 Å². The zero-order valence-electron chi connectivity index (χ0n) is 9.81. The molecule has 1 aromatic carbocycles. The second-order valence-electron chi connectivity index (χ2n) is 4.08. The van der Waals surface area contributed by atoms with Gasteiger partial charge >= 0.3 is 0 Å². The van der Waals surface area contributed by atoms with Gasteiger partial charge in [0, 0.05) is 25.4 Å². The molecule has 0 bridgehead atoms. The number of rotatable bonds is 4. The molecule has 90 valence electrons. The Balaban J connectivity index is 2.35. The summed E-state index contributed by atoms with van der Waals surface area (Å²) < 4.78 is 14.9. The first-order chi connectivity index (χ1) is 8.22. The predicted octanol–water partition coefficient (Wildman–Crippen LogP) is 2.04. The fraction of sp³-hybridized carbons (Fsp3) is 0.308. The molecule has 0 aliphatic rings. The molecular weight excluding hydrogens is 217 g/mol. The van der Waals surface area contributed by atoms with Gasteiger partial charge in [-0.05, 0) is 30.7 Å². The first-order valence-electron chi connectivity index (χ1n) is 5.65. The maximum atomic E-state index is 12.9. The molecule has 0 saturated heterocycles. The summed E-state index contributed by atoms with van der Waals surface area (Å²) >= 11 is 0. The van der Waals surface area contributed by atoms with Crippen LogP contribution in [-0.2, 0) is 7.05 Å². The Hall–Kier alpha value is -1.68. The van der Waals surface area contributed by atoms with Gasteiger partial charge in [0.2, 0.25) is 0 Å². The summed E-state index contributed by atoms with van der Waals surface area (Å²) in [6.45, 7) is 0.578. The molecule has 3 nitrogen and oxygen atoms in total.